The second kappa shape index (κ2) is 9.35. The lowest BCUT2D eigenvalue weighted by atomic mass is 10.0. The van der Waals surface area contributed by atoms with Crippen LogP contribution < -0.4 is 10.1 Å². The summed E-state index contributed by atoms with van der Waals surface area (Å²) in [6.07, 6.45) is 2.07. The number of aryl methyl sites for hydroxylation is 1. The fourth-order valence-corrected chi connectivity index (χ4v) is 3.36. The zero-order valence-corrected chi connectivity index (χ0v) is 16.9. The van der Waals surface area contributed by atoms with Crippen LogP contribution in [0.4, 0.5) is 10.3 Å². The van der Waals surface area contributed by atoms with Crippen molar-refractivity contribution < 1.29 is 9.13 Å². The van der Waals surface area contributed by atoms with Gasteiger partial charge in [-0.3, -0.25) is 0 Å². The number of halogens is 1. The standard InChI is InChI=1S/C23H24FN5O/c1-2-3-14-29-23(26-27-28-29)25-15-20-19-10-6-4-8-17(19)12-13-22(20)30-16-18-9-5-7-11-21(18)24/h4-13H,2-3,14-16H2,1H3,(H,25,26,28). The largest absolute Gasteiger partial charge is 0.488 e. The molecule has 3 aromatic carbocycles. The van der Waals surface area contributed by atoms with Crippen molar-refractivity contribution in [1.29, 1.82) is 0 Å². The van der Waals surface area contributed by atoms with Crippen LogP contribution in [0.15, 0.2) is 60.7 Å². The average Bonchev–Trinajstić information content (AvgIpc) is 3.23. The van der Waals surface area contributed by atoms with Gasteiger partial charge in [-0.2, -0.15) is 0 Å². The highest BCUT2D eigenvalue weighted by Crippen LogP contribution is 2.29. The summed E-state index contributed by atoms with van der Waals surface area (Å²) in [5, 5.41) is 17.5. The highest BCUT2D eigenvalue weighted by molar-refractivity contribution is 5.88. The smallest absolute Gasteiger partial charge is 0.243 e. The lowest BCUT2D eigenvalue weighted by Gasteiger charge is -2.15. The lowest BCUT2D eigenvalue weighted by molar-refractivity contribution is 0.297. The molecule has 7 heteroatoms. The molecule has 0 radical (unpaired) electrons. The van der Waals surface area contributed by atoms with E-state index in [1.54, 1.807) is 22.9 Å². The summed E-state index contributed by atoms with van der Waals surface area (Å²) in [5.74, 6) is 1.06. The first-order chi connectivity index (χ1) is 14.8. The fraction of sp³-hybridized carbons (Fsp3) is 0.261. The van der Waals surface area contributed by atoms with Crippen molar-refractivity contribution in [2.75, 3.05) is 5.32 Å². The van der Waals surface area contributed by atoms with Crippen molar-refractivity contribution in [2.45, 2.75) is 39.5 Å². The lowest BCUT2D eigenvalue weighted by Crippen LogP contribution is -2.10. The number of tetrazole rings is 1. The second-order valence-corrected chi connectivity index (χ2v) is 7.08. The number of rotatable bonds is 9. The molecule has 6 nitrogen and oxygen atoms in total. The monoisotopic (exact) mass is 405 g/mol. The van der Waals surface area contributed by atoms with E-state index in [9.17, 15) is 4.39 Å². The Hall–Kier alpha value is -3.48. The van der Waals surface area contributed by atoms with Crippen LogP contribution >= 0.6 is 0 Å². The van der Waals surface area contributed by atoms with E-state index >= 15 is 0 Å². The van der Waals surface area contributed by atoms with E-state index in [0.29, 0.717) is 23.8 Å². The zero-order valence-electron chi connectivity index (χ0n) is 16.9. The van der Waals surface area contributed by atoms with Crippen molar-refractivity contribution in [2.24, 2.45) is 0 Å². The van der Waals surface area contributed by atoms with Crippen molar-refractivity contribution in [1.82, 2.24) is 20.2 Å². The molecule has 1 N–H and O–H groups in total. The quantitative estimate of drug-likeness (QED) is 0.427. The molecule has 0 aliphatic carbocycles. The van der Waals surface area contributed by atoms with Gasteiger partial charge in [-0.05, 0) is 39.8 Å². The summed E-state index contributed by atoms with van der Waals surface area (Å²) >= 11 is 0. The minimum absolute atomic E-state index is 0.159. The van der Waals surface area contributed by atoms with Gasteiger partial charge in [-0.15, -0.1) is 0 Å². The first-order valence-electron chi connectivity index (χ1n) is 10.1. The van der Waals surface area contributed by atoms with Gasteiger partial charge in [0.25, 0.3) is 0 Å². The molecular weight excluding hydrogens is 381 g/mol. The number of nitrogens with zero attached hydrogens (tertiary/aromatic N) is 4. The van der Waals surface area contributed by atoms with Gasteiger partial charge in [0.2, 0.25) is 5.95 Å². The predicted molar refractivity (Wildman–Crippen MR) is 115 cm³/mol. The molecule has 0 saturated carbocycles. The van der Waals surface area contributed by atoms with E-state index in [2.05, 4.69) is 39.9 Å². The number of ether oxygens (including phenoxy) is 1. The number of benzene rings is 3. The molecule has 0 fully saturated rings. The Morgan fingerprint density at radius 1 is 1.03 bits per heavy atom. The Morgan fingerprint density at radius 2 is 1.87 bits per heavy atom. The van der Waals surface area contributed by atoms with Crippen LogP contribution in [0.3, 0.4) is 0 Å². The summed E-state index contributed by atoms with van der Waals surface area (Å²) in [5.41, 5.74) is 1.50. The molecule has 1 aromatic heterocycles. The van der Waals surface area contributed by atoms with Gasteiger partial charge in [0.05, 0.1) is 0 Å². The normalized spacial score (nSPS) is 11.0. The van der Waals surface area contributed by atoms with E-state index in [1.807, 2.05) is 24.3 Å². The minimum Gasteiger partial charge on any atom is -0.488 e. The zero-order chi connectivity index (χ0) is 20.8. The Morgan fingerprint density at radius 3 is 2.73 bits per heavy atom. The third-order valence-corrected chi connectivity index (χ3v) is 5.02. The van der Waals surface area contributed by atoms with Gasteiger partial charge in [0, 0.05) is 24.2 Å². The van der Waals surface area contributed by atoms with Crippen LogP contribution in [0.5, 0.6) is 5.75 Å². The molecule has 4 rings (SSSR count). The topological polar surface area (TPSA) is 64.9 Å². The summed E-state index contributed by atoms with van der Waals surface area (Å²) < 4.78 is 21.8. The van der Waals surface area contributed by atoms with Crippen LogP contribution in [-0.4, -0.2) is 20.2 Å². The van der Waals surface area contributed by atoms with Crippen molar-refractivity contribution in [3.63, 3.8) is 0 Å². The molecule has 0 aliphatic rings. The van der Waals surface area contributed by atoms with Crippen molar-refractivity contribution in [3.8, 4) is 5.75 Å². The van der Waals surface area contributed by atoms with E-state index in [4.69, 9.17) is 4.74 Å². The van der Waals surface area contributed by atoms with Crippen LogP contribution in [-0.2, 0) is 19.7 Å². The van der Waals surface area contributed by atoms with E-state index < -0.39 is 0 Å². The Kier molecular flexibility index (Phi) is 6.17. The van der Waals surface area contributed by atoms with Gasteiger partial charge < -0.3 is 10.1 Å². The van der Waals surface area contributed by atoms with Crippen molar-refractivity contribution >= 4 is 16.7 Å². The summed E-state index contributed by atoms with van der Waals surface area (Å²) in [6.45, 7) is 3.54. The summed E-state index contributed by atoms with van der Waals surface area (Å²) in [6, 6.07) is 18.7. The highest BCUT2D eigenvalue weighted by atomic mass is 19.1. The molecule has 0 unspecified atom stereocenters. The number of nitrogens with one attached hydrogen (secondary N) is 1. The molecule has 0 amide bonds. The number of anilines is 1. The number of fused-ring (bicyclic) bond motifs is 1. The van der Waals surface area contributed by atoms with E-state index in [0.717, 1.165) is 35.7 Å². The second-order valence-electron chi connectivity index (χ2n) is 7.08. The Bertz CT molecular complexity index is 1130. The summed E-state index contributed by atoms with van der Waals surface area (Å²) in [4.78, 5) is 0. The van der Waals surface area contributed by atoms with Gasteiger partial charge in [-0.25, -0.2) is 9.07 Å². The molecule has 0 bridgehead atoms. The number of hydrogen-bond acceptors (Lipinski definition) is 5. The molecular formula is C23H24FN5O. The fourth-order valence-electron chi connectivity index (χ4n) is 3.36. The number of hydrogen-bond donors (Lipinski definition) is 1. The van der Waals surface area contributed by atoms with Gasteiger partial charge in [0.15, 0.2) is 0 Å². The third kappa shape index (κ3) is 4.40. The van der Waals surface area contributed by atoms with E-state index in [1.165, 1.54) is 6.07 Å². The van der Waals surface area contributed by atoms with Gasteiger partial charge >= 0.3 is 0 Å². The SMILES string of the molecule is CCCCn1nnnc1NCc1c(OCc2ccccc2F)ccc2ccccc12. The maximum Gasteiger partial charge on any atom is 0.243 e. The minimum atomic E-state index is -0.270. The molecule has 30 heavy (non-hydrogen) atoms. The third-order valence-electron chi connectivity index (χ3n) is 5.02. The number of unbranched alkanes of at least 4 members (excludes halogenated alkanes) is 1. The Balaban J connectivity index is 1.59. The molecule has 0 saturated heterocycles. The summed E-state index contributed by atoms with van der Waals surface area (Å²) in [7, 11) is 0. The maximum absolute atomic E-state index is 14.0. The number of aromatic nitrogens is 4. The molecule has 154 valence electrons. The van der Waals surface area contributed by atoms with Gasteiger partial charge in [0.1, 0.15) is 18.2 Å². The van der Waals surface area contributed by atoms with E-state index in [-0.39, 0.29) is 12.4 Å². The molecule has 4 aromatic rings. The first kappa shape index (κ1) is 19.8. The predicted octanol–water partition coefficient (Wildman–Crippen LogP) is 4.96. The van der Waals surface area contributed by atoms with Crippen LogP contribution in [0.2, 0.25) is 0 Å². The maximum atomic E-state index is 14.0. The van der Waals surface area contributed by atoms with Crippen LogP contribution in [0, 0.1) is 5.82 Å². The Labute approximate surface area is 174 Å². The molecule has 0 atom stereocenters. The molecule has 0 spiro atoms. The van der Waals surface area contributed by atoms with Gasteiger partial charge in [-0.1, -0.05) is 67.0 Å². The molecule has 1 heterocycles. The van der Waals surface area contributed by atoms with Crippen LogP contribution in [0.1, 0.15) is 30.9 Å². The average molecular weight is 405 g/mol. The molecule has 0 aliphatic heterocycles. The first-order valence-corrected chi connectivity index (χ1v) is 10.1. The highest BCUT2D eigenvalue weighted by Gasteiger charge is 2.12. The van der Waals surface area contributed by atoms with Crippen LogP contribution in [0.25, 0.3) is 10.8 Å². The van der Waals surface area contributed by atoms with Crippen molar-refractivity contribution in [3.05, 3.63) is 77.6 Å².